The van der Waals surface area contributed by atoms with E-state index in [2.05, 4.69) is 90.1 Å². The summed E-state index contributed by atoms with van der Waals surface area (Å²) in [6, 6.07) is 40.4. The number of methoxy groups -OCH3 is 2. The summed E-state index contributed by atoms with van der Waals surface area (Å²) in [5.74, 6) is 1.55. The van der Waals surface area contributed by atoms with E-state index in [9.17, 15) is 9.59 Å². The summed E-state index contributed by atoms with van der Waals surface area (Å²) in [7, 11) is 3.36. The first-order chi connectivity index (χ1) is 27.3. The zero-order valence-corrected chi connectivity index (χ0v) is 34.7. The second-order valence-corrected chi connectivity index (χ2v) is 17.5. The van der Waals surface area contributed by atoms with Crippen LogP contribution in [-0.2, 0) is 9.59 Å². The lowest BCUT2D eigenvalue weighted by atomic mass is 9.75. The Balaban J connectivity index is 1.54. The van der Waals surface area contributed by atoms with Crippen molar-refractivity contribution in [3.8, 4) is 11.5 Å². The largest absolute Gasteiger partial charge is 0.497 e. The molecule has 57 heavy (non-hydrogen) atoms. The van der Waals surface area contributed by atoms with Gasteiger partial charge in [0.2, 0.25) is 0 Å². The summed E-state index contributed by atoms with van der Waals surface area (Å²) in [5.41, 5.74) is 9.61. The molecule has 4 aromatic carbocycles. The number of rotatable bonds is 8. The monoisotopic (exact) mass is 768 g/mol. The highest BCUT2D eigenvalue weighted by molar-refractivity contribution is 7.14. The first kappa shape index (κ1) is 39.2. The molecule has 286 valence electrons. The van der Waals surface area contributed by atoms with Gasteiger partial charge in [0, 0.05) is 43.2 Å². The Hall–Kier alpha value is -6.04. The Labute approximate surface area is 340 Å². The number of hydrogen-bond donors (Lipinski definition) is 0. The van der Waals surface area contributed by atoms with Gasteiger partial charge in [-0.15, -0.1) is 11.3 Å². The summed E-state index contributed by atoms with van der Waals surface area (Å²) < 4.78 is 11.5. The molecule has 0 amide bonds. The van der Waals surface area contributed by atoms with Crippen molar-refractivity contribution >= 4 is 45.2 Å². The topological polar surface area (TPSA) is 52.6 Å². The average Bonchev–Trinajstić information content (AvgIpc) is 3.67. The molecule has 5 heteroatoms. The van der Waals surface area contributed by atoms with Gasteiger partial charge in [-0.1, -0.05) is 126 Å². The summed E-state index contributed by atoms with van der Waals surface area (Å²) in [6.07, 6.45) is 8.24. The number of allylic oxidation sites excluding steroid dienone is 10. The molecule has 2 aliphatic carbocycles. The number of carbonyl (C=O) groups is 2. The van der Waals surface area contributed by atoms with Crippen molar-refractivity contribution in [3.63, 3.8) is 0 Å². The van der Waals surface area contributed by atoms with Crippen LogP contribution in [0.5, 0.6) is 11.5 Å². The molecule has 4 nitrogen and oxygen atoms in total. The lowest BCUT2D eigenvalue weighted by Gasteiger charge is -2.27. The number of thiophene rings is 1. The van der Waals surface area contributed by atoms with Crippen LogP contribution in [0.15, 0.2) is 168 Å². The number of carbonyl (C=O) groups excluding carboxylic acids is 2. The number of hydrogen-bond acceptors (Lipinski definition) is 5. The quantitative estimate of drug-likeness (QED) is 0.158. The lowest BCUT2D eigenvalue weighted by Crippen LogP contribution is -2.22. The molecular weight excluding hydrogens is 721 g/mol. The van der Waals surface area contributed by atoms with E-state index in [1.54, 1.807) is 25.6 Å². The van der Waals surface area contributed by atoms with Gasteiger partial charge in [0.25, 0.3) is 0 Å². The van der Waals surface area contributed by atoms with Gasteiger partial charge in [-0.3, -0.25) is 9.59 Å². The van der Waals surface area contributed by atoms with Gasteiger partial charge in [-0.05, 0) is 105 Å². The minimum absolute atomic E-state index is 0.0358. The van der Waals surface area contributed by atoms with Gasteiger partial charge in [-0.25, -0.2) is 0 Å². The van der Waals surface area contributed by atoms with Gasteiger partial charge in [0.15, 0.2) is 11.6 Å². The minimum Gasteiger partial charge on any atom is -0.497 e. The first-order valence-electron chi connectivity index (χ1n) is 19.2. The van der Waals surface area contributed by atoms with E-state index in [1.807, 2.05) is 97.1 Å². The van der Waals surface area contributed by atoms with Gasteiger partial charge >= 0.3 is 0 Å². The molecule has 1 aromatic heterocycles. The molecule has 0 aliphatic heterocycles. The number of benzene rings is 4. The highest BCUT2D eigenvalue weighted by Crippen LogP contribution is 2.45. The third-order valence-corrected chi connectivity index (χ3v) is 11.5. The molecule has 5 aromatic rings. The molecule has 0 fully saturated rings. The molecule has 0 spiro atoms. The van der Waals surface area contributed by atoms with Gasteiger partial charge in [-0.2, -0.15) is 0 Å². The SMILES string of the molecule is COc1cccc(C(=C2C=C(c3ccccc3)C(=O)C(C(C)(C)C)=C2)c2ccc(C(=C3C=C(c4ccccc4)C(=O)C(C(C)(C)C)=C3)c3cccc(OC)c3)s2)c1. The van der Waals surface area contributed by atoms with E-state index >= 15 is 0 Å². The predicted molar refractivity (Wildman–Crippen MR) is 236 cm³/mol. The van der Waals surface area contributed by atoms with Crippen LogP contribution in [-0.4, -0.2) is 25.8 Å². The second kappa shape index (κ2) is 15.8. The van der Waals surface area contributed by atoms with Crippen molar-refractivity contribution in [2.24, 2.45) is 10.8 Å². The molecule has 0 saturated carbocycles. The van der Waals surface area contributed by atoms with Crippen LogP contribution >= 0.6 is 11.3 Å². The third kappa shape index (κ3) is 8.12. The van der Waals surface area contributed by atoms with Gasteiger partial charge in [0.1, 0.15) is 11.5 Å². The van der Waals surface area contributed by atoms with Crippen LogP contribution in [0.3, 0.4) is 0 Å². The molecule has 1 heterocycles. The Morgan fingerprint density at radius 2 is 0.860 bits per heavy atom. The fourth-order valence-corrected chi connectivity index (χ4v) is 8.58. The number of Topliss-reactive ketones (excluding diaryl/α,β-unsaturated/α-hetero) is 2. The van der Waals surface area contributed by atoms with E-state index in [4.69, 9.17) is 9.47 Å². The predicted octanol–water partition coefficient (Wildman–Crippen LogP) is 12.6. The Morgan fingerprint density at radius 3 is 1.21 bits per heavy atom. The van der Waals surface area contributed by atoms with Crippen LogP contribution in [0, 0.1) is 10.8 Å². The summed E-state index contributed by atoms with van der Waals surface area (Å²) in [5, 5.41) is 0. The molecule has 0 N–H and O–H groups in total. The van der Waals surface area contributed by atoms with Crippen LogP contribution in [0.1, 0.15) is 73.6 Å². The minimum atomic E-state index is -0.404. The maximum atomic E-state index is 14.2. The van der Waals surface area contributed by atoms with E-state index in [0.717, 1.165) is 76.9 Å². The van der Waals surface area contributed by atoms with E-state index in [1.165, 1.54) is 0 Å². The molecular formula is C52H48O4S. The summed E-state index contributed by atoms with van der Waals surface area (Å²) >= 11 is 1.68. The van der Waals surface area contributed by atoms with Crippen molar-refractivity contribution in [3.05, 3.63) is 200 Å². The highest BCUT2D eigenvalue weighted by Gasteiger charge is 2.33. The summed E-state index contributed by atoms with van der Waals surface area (Å²) in [4.78, 5) is 30.5. The van der Waals surface area contributed by atoms with E-state index < -0.39 is 10.8 Å². The Bertz CT molecular complexity index is 2380. The second-order valence-electron chi connectivity index (χ2n) is 16.4. The van der Waals surface area contributed by atoms with Crippen LogP contribution in [0.25, 0.3) is 22.3 Å². The third-order valence-electron chi connectivity index (χ3n) is 10.4. The molecule has 0 saturated heterocycles. The van der Waals surface area contributed by atoms with Crippen LogP contribution < -0.4 is 9.47 Å². The number of ketones is 2. The zero-order chi connectivity index (χ0) is 40.5. The van der Waals surface area contributed by atoms with Crippen molar-refractivity contribution in [1.82, 2.24) is 0 Å². The van der Waals surface area contributed by atoms with Crippen molar-refractivity contribution in [1.29, 1.82) is 0 Å². The average molecular weight is 769 g/mol. The molecule has 7 rings (SSSR count). The molecule has 0 unspecified atom stereocenters. The zero-order valence-electron chi connectivity index (χ0n) is 33.9. The summed E-state index contributed by atoms with van der Waals surface area (Å²) in [6.45, 7) is 12.6. The molecule has 2 aliphatic rings. The fraction of sp³-hybridized carbons (Fsp3) is 0.192. The van der Waals surface area contributed by atoms with E-state index in [-0.39, 0.29) is 11.6 Å². The van der Waals surface area contributed by atoms with Crippen molar-refractivity contribution in [2.45, 2.75) is 41.5 Å². The molecule has 0 radical (unpaired) electrons. The van der Waals surface area contributed by atoms with Gasteiger partial charge < -0.3 is 9.47 Å². The molecule has 0 bridgehead atoms. The van der Waals surface area contributed by atoms with Crippen molar-refractivity contribution in [2.75, 3.05) is 14.2 Å². The van der Waals surface area contributed by atoms with Crippen LogP contribution in [0.4, 0.5) is 0 Å². The normalized spacial score (nSPS) is 16.6. The van der Waals surface area contributed by atoms with Crippen molar-refractivity contribution < 1.29 is 19.1 Å². The van der Waals surface area contributed by atoms with Crippen LogP contribution in [0.2, 0.25) is 0 Å². The van der Waals surface area contributed by atoms with E-state index in [0.29, 0.717) is 11.1 Å². The smallest absolute Gasteiger partial charge is 0.190 e. The van der Waals surface area contributed by atoms with Gasteiger partial charge in [0.05, 0.1) is 14.2 Å². The first-order valence-corrected chi connectivity index (χ1v) is 20.0. The fourth-order valence-electron chi connectivity index (χ4n) is 7.39. The Morgan fingerprint density at radius 1 is 0.474 bits per heavy atom. The maximum absolute atomic E-state index is 14.2. The Kier molecular flexibility index (Phi) is 10.9. The highest BCUT2D eigenvalue weighted by atomic mass is 32.1. The standard InChI is InChI=1S/C52H48O4S/c1-51(2,3)43-31-37(29-41(49(43)53)33-17-11-9-12-18-33)47(35-21-15-23-39(27-35)55-7)45-25-26-46(57-45)48(36-22-16-24-40(28-36)56-8)38-30-42(34-19-13-10-14-20-34)50(54)44(32-38)52(4,5)6/h9-32H,1-8H3. The number of ether oxygens (including phenoxy) is 2. The maximum Gasteiger partial charge on any atom is 0.190 e. The lowest BCUT2D eigenvalue weighted by molar-refractivity contribution is -0.112. The molecule has 0 atom stereocenters.